The molecule has 1 aliphatic rings. The van der Waals surface area contributed by atoms with Crippen LogP contribution in [0.4, 0.5) is 0 Å². The Balaban J connectivity index is 2.05. The number of aryl methyl sites for hydroxylation is 1. The molecule has 1 N–H and O–H groups in total. The Morgan fingerprint density at radius 2 is 1.76 bits per heavy atom. The molecule has 1 aliphatic heterocycles. The molecule has 0 saturated carbocycles. The number of aliphatic hydroxyl groups excluding tert-OH is 1. The maximum Gasteiger partial charge on any atom is 0.0682 e. The van der Waals surface area contributed by atoms with E-state index in [0.29, 0.717) is 0 Å². The monoisotopic (exact) mass is 242 g/mol. The zero-order valence-corrected chi connectivity index (χ0v) is 10.6. The van der Waals surface area contributed by atoms with E-state index in [1.54, 1.807) is 0 Å². The Kier molecular flexibility index (Phi) is 2.69. The fraction of sp³-hybridized carbons (Fsp3) is 0.200. The van der Waals surface area contributed by atoms with Crippen molar-refractivity contribution in [2.24, 2.45) is 0 Å². The Morgan fingerprint density at radius 1 is 1.06 bits per heavy atom. The van der Waals surface area contributed by atoms with Gasteiger partial charge in [-0.2, -0.15) is 0 Å². The molecule has 86 valence electrons. The van der Waals surface area contributed by atoms with Crippen molar-refractivity contribution in [3.63, 3.8) is 0 Å². The van der Waals surface area contributed by atoms with Crippen molar-refractivity contribution >= 4 is 11.8 Å². The standard InChI is InChI=1S/C15H14OS/c1-10-2-4-12-8-13-5-3-11(9-16)7-15(13)17-14(12)6-10/h2-7,16H,8-9H2,1H3. The van der Waals surface area contributed by atoms with E-state index in [9.17, 15) is 0 Å². The van der Waals surface area contributed by atoms with Gasteiger partial charge >= 0.3 is 0 Å². The van der Waals surface area contributed by atoms with Crippen LogP contribution in [0.2, 0.25) is 0 Å². The van der Waals surface area contributed by atoms with Gasteiger partial charge in [-0.3, -0.25) is 0 Å². The van der Waals surface area contributed by atoms with Gasteiger partial charge in [0.1, 0.15) is 0 Å². The van der Waals surface area contributed by atoms with E-state index in [0.717, 1.165) is 12.0 Å². The van der Waals surface area contributed by atoms with Gasteiger partial charge in [0.25, 0.3) is 0 Å². The van der Waals surface area contributed by atoms with Crippen molar-refractivity contribution in [2.75, 3.05) is 0 Å². The lowest BCUT2D eigenvalue weighted by Crippen LogP contribution is -2.00. The van der Waals surface area contributed by atoms with Crippen LogP contribution in [-0.2, 0) is 13.0 Å². The number of benzene rings is 2. The van der Waals surface area contributed by atoms with Crippen molar-refractivity contribution in [3.05, 3.63) is 58.7 Å². The summed E-state index contributed by atoms with van der Waals surface area (Å²) in [5.41, 5.74) is 5.07. The molecular formula is C15H14OS. The van der Waals surface area contributed by atoms with Crippen LogP contribution in [0.15, 0.2) is 46.2 Å². The fourth-order valence-corrected chi connectivity index (χ4v) is 3.40. The van der Waals surface area contributed by atoms with Gasteiger partial charge in [0, 0.05) is 9.79 Å². The Labute approximate surface area is 105 Å². The van der Waals surface area contributed by atoms with Crippen molar-refractivity contribution in [3.8, 4) is 0 Å². The highest BCUT2D eigenvalue weighted by Gasteiger charge is 2.16. The van der Waals surface area contributed by atoms with Gasteiger partial charge in [-0.25, -0.2) is 0 Å². The zero-order valence-electron chi connectivity index (χ0n) is 9.73. The molecule has 0 amide bonds. The van der Waals surface area contributed by atoms with E-state index in [2.05, 4.69) is 37.3 Å². The third kappa shape index (κ3) is 1.99. The molecule has 2 aromatic rings. The van der Waals surface area contributed by atoms with Crippen LogP contribution in [0.1, 0.15) is 22.3 Å². The summed E-state index contributed by atoms with van der Waals surface area (Å²) in [4.78, 5) is 2.64. The molecule has 2 heteroatoms. The van der Waals surface area contributed by atoms with Crippen LogP contribution in [-0.4, -0.2) is 5.11 Å². The van der Waals surface area contributed by atoms with Gasteiger partial charge in [0.15, 0.2) is 0 Å². The van der Waals surface area contributed by atoms with Crippen LogP contribution < -0.4 is 0 Å². The first-order chi connectivity index (χ1) is 8.26. The number of hydrogen-bond donors (Lipinski definition) is 1. The van der Waals surface area contributed by atoms with E-state index in [1.807, 2.05) is 17.8 Å². The molecule has 0 aliphatic carbocycles. The molecule has 0 atom stereocenters. The Morgan fingerprint density at radius 3 is 2.53 bits per heavy atom. The molecule has 3 rings (SSSR count). The second kappa shape index (κ2) is 4.21. The van der Waals surface area contributed by atoms with Crippen molar-refractivity contribution in [1.29, 1.82) is 0 Å². The first-order valence-electron chi connectivity index (χ1n) is 5.76. The van der Waals surface area contributed by atoms with E-state index in [-0.39, 0.29) is 6.61 Å². The summed E-state index contributed by atoms with van der Waals surface area (Å²) in [5.74, 6) is 0. The average molecular weight is 242 g/mol. The molecule has 0 spiro atoms. The molecule has 17 heavy (non-hydrogen) atoms. The highest BCUT2D eigenvalue weighted by atomic mass is 32.2. The number of rotatable bonds is 1. The van der Waals surface area contributed by atoms with Gasteiger partial charge in [-0.1, -0.05) is 36.0 Å². The predicted molar refractivity (Wildman–Crippen MR) is 70.5 cm³/mol. The van der Waals surface area contributed by atoms with Gasteiger partial charge in [-0.15, -0.1) is 0 Å². The van der Waals surface area contributed by atoms with Gasteiger partial charge in [-0.05, 0) is 47.7 Å². The molecule has 1 heterocycles. The first-order valence-corrected chi connectivity index (χ1v) is 6.58. The lowest BCUT2D eigenvalue weighted by atomic mass is 10.0. The second-order valence-corrected chi connectivity index (χ2v) is 5.57. The predicted octanol–water partition coefficient (Wildman–Crippen LogP) is 3.54. The Bertz CT molecular complexity index is 575. The van der Waals surface area contributed by atoms with E-state index in [1.165, 1.54) is 26.5 Å². The molecule has 1 nitrogen and oxygen atoms in total. The quantitative estimate of drug-likeness (QED) is 0.704. The molecule has 0 fully saturated rings. The van der Waals surface area contributed by atoms with Gasteiger partial charge in [0.2, 0.25) is 0 Å². The van der Waals surface area contributed by atoms with Crippen molar-refractivity contribution < 1.29 is 5.11 Å². The number of aliphatic hydroxyl groups is 1. The van der Waals surface area contributed by atoms with Crippen LogP contribution >= 0.6 is 11.8 Å². The molecule has 0 radical (unpaired) electrons. The van der Waals surface area contributed by atoms with Gasteiger partial charge in [0.05, 0.1) is 6.61 Å². The maximum absolute atomic E-state index is 9.17. The van der Waals surface area contributed by atoms with E-state index >= 15 is 0 Å². The van der Waals surface area contributed by atoms with E-state index < -0.39 is 0 Å². The molecule has 0 saturated heterocycles. The highest BCUT2D eigenvalue weighted by molar-refractivity contribution is 7.99. The Hall–Kier alpha value is -1.25. The summed E-state index contributed by atoms with van der Waals surface area (Å²) in [5, 5.41) is 9.17. The van der Waals surface area contributed by atoms with Crippen molar-refractivity contribution in [2.45, 2.75) is 29.7 Å². The summed E-state index contributed by atoms with van der Waals surface area (Å²) in [6.07, 6.45) is 1.00. The average Bonchev–Trinajstić information content (AvgIpc) is 2.35. The number of hydrogen-bond acceptors (Lipinski definition) is 2. The lowest BCUT2D eigenvalue weighted by molar-refractivity contribution is 0.281. The summed E-state index contributed by atoms with van der Waals surface area (Å²) in [6.45, 7) is 2.25. The van der Waals surface area contributed by atoms with Crippen LogP contribution in [0.25, 0.3) is 0 Å². The topological polar surface area (TPSA) is 20.2 Å². The molecule has 0 unspecified atom stereocenters. The minimum atomic E-state index is 0.120. The third-order valence-electron chi connectivity index (χ3n) is 3.14. The minimum Gasteiger partial charge on any atom is -0.392 e. The molecule has 2 aromatic carbocycles. The molecular weight excluding hydrogens is 228 g/mol. The normalized spacial score (nSPS) is 13.1. The summed E-state index contributed by atoms with van der Waals surface area (Å²) in [6, 6.07) is 12.9. The summed E-state index contributed by atoms with van der Waals surface area (Å²) in [7, 11) is 0. The van der Waals surface area contributed by atoms with E-state index in [4.69, 9.17) is 5.11 Å². The maximum atomic E-state index is 9.17. The molecule has 0 bridgehead atoms. The van der Waals surface area contributed by atoms with Crippen LogP contribution in [0.3, 0.4) is 0 Å². The molecule has 0 aromatic heterocycles. The summed E-state index contributed by atoms with van der Waals surface area (Å²) < 4.78 is 0. The van der Waals surface area contributed by atoms with Gasteiger partial charge < -0.3 is 5.11 Å². The van der Waals surface area contributed by atoms with Crippen LogP contribution in [0, 0.1) is 6.92 Å². The smallest absolute Gasteiger partial charge is 0.0682 e. The fourth-order valence-electron chi connectivity index (χ4n) is 2.16. The minimum absolute atomic E-state index is 0.120. The largest absolute Gasteiger partial charge is 0.392 e. The third-order valence-corrected chi connectivity index (χ3v) is 4.34. The lowest BCUT2D eigenvalue weighted by Gasteiger charge is -2.19. The summed E-state index contributed by atoms with van der Waals surface area (Å²) >= 11 is 1.82. The van der Waals surface area contributed by atoms with Crippen molar-refractivity contribution in [1.82, 2.24) is 0 Å². The van der Waals surface area contributed by atoms with Crippen LogP contribution in [0.5, 0.6) is 0 Å². The second-order valence-electron chi connectivity index (χ2n) is 4.49. The first kappa shape index (κ1) is 10.9. The number of fused-ring (bicyclic) bond motifs is 2. The SMILES string of the molecule is Cc1ccc2c(c1)Sc1cc(CO)ccc1C2. The highest BCUT2D eigenvalue weighted by Crippen LogP contribution is 2.40. The zero-order chi connectivity index (χ0) is 11.8.